The number of amides is 3. The number of hydrogen-bond donors (Lipinski definition) is 2. The second-order valence-electron chi connectivity index (χ2n) is 10.6. The summed E-state index contributed by atoms with van der Waals surface area (Å²) in [5, 5.41) is 5.62. The molecule has 0 aromatic carbocycles. The second kappa shape index (κ2) is 11.7. The quantitative estimate of drug-likeness (QED) is 0.302. The Labute approximate surface area is 227 Å². The standard InChI is InChI=1S/C27H36N8O4/c1-27(2,3)39-26(38)34-10-8-33(9-11-34)25(37)21-12-19(18-6-7-18)15-35-16-20(32-24(21)35)14-30-22(28-4)13-23(29-5)31-17-36/h12-13,15-18,30H,4,6-11,14H2,1-3,5H3,(H,29,31,36)/b22-13+. The molecule has 2 fully saturated rings. The number of carbonyl (C=O) groups is 3. The van der Waals surface area contributed by atoms with E-state index >= 15 is 0 Å². The molecule has 2 aromatic heterocycles. The molecular formula is C27H36N8O4. The Kier molecular flexibility index (Phi) is 8.32. The van der Waals surface area contributed by atoms with Crippen molar-refractivity contribution in [3.8, 4) is 0 Å². The van der Waals surface area contributed by atoms with Crippen LogP contribution in [0.2, 0.25) is 0 Å². The number of aromatic nitrogens is 2. The van der Waals surface area contributed by atoms with E-state index in [1.165, 1.54) is 0 Å². The lowest BCUT2D eigenvalue weighted by Gasteiger charge is -2.35. The van der Waals surface area contributed by atoms with Gasteiger partial charge >= 0.3 is 6.09 Å². The molecule has 39 heavy (non-hydrogen) atoms. The van der Waals surface area contributed by atoms with Crippen LogP contribution in [0.5, 0.6) is 0 Å². The summed E-state index contributed by atoms with van der Waals surface area (Å²) >= 11 is 0. The number of ether oxygens (including phenoxy) is 1. The summed E-state index contributed by atoms with van der Waals surface area (Å²) in [5.74, 6) is 1.10. The molecule has 0 bridgehead atoms. The fourth-order valence-corrected chi connectivity index (χ4v) is 4.34. The summed E-state index contributed by atoms with van der Waals surface area (Å²) in [6, 6.07) is 1.96. The Morgan fingerprint density at radius 1 is 1.18 bits per heavy atom. The van der Waals surface area contributed by atoms with Gasteiger partial charge < -0.3 is 29.6 Å². The molecule has 0 unspecified atom stereocenters. The zero-order valence-electron chi connectivity index (χ0n) is 22.9. The van der Waals surface area contributed by atoms with Gasteiger partial charge in [-0.1, -0.05) is 0 Å². The molecule has 0 spiro atoms. The van der Waals surface area contributed by atoms with Crippen molar-refractivity contribution >= 4 is 36.6 Å². The molecule has 3 heterocycles. The van der Waals surface area contributed by atoms with Crippen molar-refractivity contribution in [3.63, 3.8) is 0 Å². The van der Waals surface area contributed by atoms with E-state index in [1.807, 2.05) is 43.6 Å². The van der Waals surface area contributed by atoms with Crippen molar-refractivity contribution < 1.29 is 19.1 Å². The van der Waals surface area contributed by atoms with E-state index in [0.717, 1.165) is 18.4 Å². The molecule has 12 nitrogen and oxygen atoms in total. The largest absolute Gasteiger partial charge is 0.444 e. The highest BCUT2D eigenvalue weighted by molar-refractivity contribution is 6.00. The van der Waals surface area contributed by atoms with Crippen LogP contribution in [0.15, 0.2) is 40.3 Å². The first-order valence-electron chi connectivity index (χ1n) is 13.0. The third kappa shape index (κ3) is 7.01. The van der Waals surface area contributed by atoms with Crippen LogP contribution >= 0.6 is 0 Å². The number of nitrogens with one attached hydrogen (secondary N) is 2. The van der Waals surface area contributed by atoms with Gasteiger partial charge in [0.1, 0.15) is 22.9 Å². The predicted octanol–water partition coefficient (Wildman–Crippen LogP) is 2.31. The molecule has 0 radical (unpaired) electrons. The molecular weight excluding hydrogens is 500 g/mol. The summed E-state index contributed by atoms with van der Waals surface area (Å²) in [5.41, 5.74) is 2.38. The van der Waals surface area contributed by atoms with Gasteiger partial charge in [0.05, 0.1) is 17.8 Å². The first-order valence-corrected chi connectivity index (χ1v) is 13.0. The van der Waals surface area contributed by atoms with Crippen LogP contribution in [-0.2, 0) is 16.1 Å². The van der Waals surface area contributed by atoms with Crippen molar-refractivity contribution in [1.82, 2.24) is 29.8 Å². The lowest BCUT2D eigenvalue weighted by Crippen LogP contribution is -2.51. The molecule has 1 saturated carbocycles. The number of hydrogen-bond acceptors (Lipinski definition) is 8. The molecule has 12 heteroatoms. The molecule has 3 amide bonds. The van der Waals surface area contributed by atoms with E-state index in [9.17, 15) is 14.4 Å². The Morgan fingerprint density at radius 2 is 1.87 bits per heavy atom. The van der Waals surface area contributed by atoms with E-state index < -0.39 is 5.60 Å². The van der Waals surface area contributed by atoms with Gasteiger partial charge in [-0.25, -0.2) is 14.8 Å². The van der Waals surface area contributed by atoms with E-state index in [0.29, 0.717) is 73.6 Å². The van der Waals surface area contributed by atoms with E-state index in [1.54, 1.807) is 22.9 Å². The van der Waals surface area contributed by atoms with Crippen molar-refractivity contribution in [2.75, 3.05) is 33.2 Å². The van der Waals surface area contributed by atoms with Gasteiger partial charge in [0.2, 0.25) is 6.41 Å². The Morgan fingerprint density at radius 3 is 2.46 bits per heavy atom. The minimum atomic E-state index is -0.567. The number of nitrogens with zero attached hydrogens (tertiary/aromatic N) is 6. The van der Waals surface area contributed by atoms with Crippen molar-refractivity contribution in [2.24, 2.45) is 9.98 Å². The van der Waals surface area contributed by atoms with E-state index in [2.05, 4.69) is 27.3 Å². The zero-order valence-corrected chi connectivity index (χ0v) is 22.9. The summed E-state index contributed by atoms with van der Waals surface area (Å²) in [4.78, 5) is 53.0. The molecule has 1 aliphatic heterocycles. The van der Waals surface area contributed by atoms with Gasteiger partial charge in [0, 0.05) is 51.7 Å². The van der Waals surface area contributed by atoms with Crippen molar-refractivity contribution in [3.05, 3.63) is 47.2 Å². The van der Waals surface area contributed by atoms with Crippen molar-refractivity contribution in [1.29, 1.82) is 0 Å². The maximum atomic E-state index is 13.7. The lowest BCUT2D eigenvalue weighted by atomic mass is 10.1. The summed E-state index contributed by atoms with van der Waals surface area (Å²) in [6.45, 7) is 11.1. The Bertz CT molecular complexity index is 1310. The minimum Gasteiger partial charge on any atom is -0.444 e. The molecule has 0 atom stereocenters. The van der Waals surface area contributed by atoms with Gasteiger partial charge in [-0.3, -0.25) is 14.6 Å². The monoisotopic (exact) mass is 536 g/mol. The highest BCUT2D eigenvalue weighted by Gasteiger charge is 2.31. The lowest BCUT2D eigenvalue weighted by molar-refractivity contribution is -0.108. The van der Waals surface area contributed by atoms with E-state index in [4.69, 9.17) is 9.72 Å². The Hall–Kier alpha value is -4.22. The molecule has 4 rings (SSSR count). The van der Waals surface area contributed by atoms with Crippen LogP contribution < -0.4 is 10.6 Å². The number of fused-ring (bicyclic) bond motifs is 1. The van der Waals surface area contributed by atoms with Crippen molar-refractivity contribution in [2.45, 2.75) is 51.7 Å². The number of carbonyl (C=O) groups excluding carboxylic acids is 3. The number of pyridine rings is 1. The van der Waals surface area contributed by atoms with Gasteiger partial charge in [0.15, 0.2) is 0 Å². The zero-order chi connectivity index (χ0) is 28.2. The van der Waals surface area contributed by atoms with Crippen LogP contribution in [0.3, 0.4) is 0 Å². The third-order valence-corrected chi connectivity index (χ3v) is 6.46. The summed E-state index contributed by atoms with van der Waals surface area (Å²) in [7, 11) is 1.55. The maximum absolute atomic E-state index is 13.7. The molecule has 1 aliphatic carbocycles. The van der Waals surface area contributed by atoms with Gasteiger partial charge in [0.25, 0.3) is 5.91 Å². The first kappa shape index (κ1) is 27.8. The number of piperazine rings is 1. The first-order chi connectivity index (χ1) is 18.6. The number of aliphatic imine (C=N–C) groups is 2. The average molecular weight is 537 g/mol. The smallest absolute Gasteiger partial charge is 0.410 e. The Balaban J connectivity index is 1.51. The van der Waals surface area contributed by atoms with Crippen LogP contribution in [-0.4, -0.2) is 89.0 Å². The summed E-state index contributed by atoms with van der Waals surface area (Å²) in [6.07, 6.45) is 7.88. The van der Waals surface area contributed by atoms with Gasteiger partial charge in [-0.15, -0.1) is 0 Å². The molecule has 2 aliphatic rings. The molecule has 2 aromatic rings. The van der Waals surface area contributed by atoms with Crippen LogP contribution in [0.1, 0.15) is 61.1 Å². The summed E-state index contributed by atoms with van der Waals surface area (Å²) < 4.78 is 7.39. The topological polar surface area (TPSA) is 133 Å². The van der Waals surface area contributed by atoms with Gasteiger partial charge in [-0.2, -0.15) is 0 Å². The normalized spacial score (nSPS) is 16.7. The number of amidine groups is 1. The minimum absolute atomic E-state index is 0.103. The second-order valence-corrected chi connectivity index (χ2v) is 10.6. The van der Waals surface area contributed by atoms with Gasteiger partial charge in [-0.05, 0) is 57.9 Å². The maximum Gasteiger partial charge on any atom is 0.410 e. The fourth-order valence-electron chi connectivity index (χ4n) is 4.34. The molecule has 2 N–H and O–H groups in total. The predicted molar refractivity (Wildman–Crippen MR) is 148 cm³/mol. The fraction of sp³-hybridized carbons (Fsp3) is 0.481. The van der Waals surface area contributed by atoms with E-state index in [-0.39, 0.29) is 12.0 Å². The third-order valence-electron chi connectivity index (χ3n) is 6.46. The van der Waals surface area contributed by atoms with Crippen LogP contribution in [0.4, 0.5) is 4.79 Å². The number of rotatable bonds is 8. The van der Waals surface area contributed by atoms with Crippen LogP contribution in [0, 0.1) is 0 Å². The highest BCUT2D eigenvalue weighted by Crippen LogP contribution is 2.40. The SMILES string of the molecule is C=N/C(=C\C(=NC)NC=O)NCc1cn2cc(C3CC3)cc(C(=O)N3CCN(C(=O)OC(C)(C)C)CC3)c2n1. The molecule has 208 valence electrons. The van der Waals surface area contributed by atoms with Crippen LogP contribution in [0.25, 0.3) is 5.65 Å². The highest BCUT2D eigenvalue weighted by atomic mass is 16.6. The average Bonchev–Trinajstić information content (AvgIpc) is 3.68. The molecule has 1 saturated heterocycles. The number of imidazole rings is 1.